The first-order valence-corrected chi connectivity index (χ1v) is 11.3. The molecule has 36 heavy (non-hydrogen) atoms. The third-order valence-electron chi connectivity index (χ3n) is 6.25. The third kappa shape index (κ3) is 6.62. The molecule has 1 aliphatic carbocycles. The lowest BCUT2D eigenvalue weighted by Gasteiger charge is -2.29. The third-order valence-corrected chi connectivity index (χ3v) is 6.25. The van der Waals surface area contributed by atoms with Crippen molar-refractivity contribution in [2.45, 2.75) is 37.8 Å². The van der Waals surface area contributed by atoms with E-state index in [0.29, 0.717) is 24.6 Å². The highest BCUT2D eigenvalue weighted by atomic mass is 19.4. The number of para-hydroxylation sites is 1. The molecule has 2 atom stereocenters. The monoisotopic (exact) mass is 502 g/mol. The zero-order valence-electron chi connectivity index (χ0n) is 19.3. The van der Waals surface area contributed by atoms with Crippen molar-refractivity contribution >= 4 is 23.8 Å². The van der Waals surface area contributed by atoms with E-state index < -0.39 is 17.6 Å². The van der Waals surface area contributed by atoms with Crippen LogP contribution in [0.3, 0.4) is 0 Å². The normalized spacial score (nSPS) is 17.4. The van der Waals surface area contributed by atoms with E-state index in [2.05, 4.69) is 5.32 Å². The number of hydrogen-bond donors (Lipinski definition) is 3. The molecule has 0 bridgehead atoms. The van der Waals surface area contributed by atoms with Gasteiger partial charge in [-0.1, -0.05) is 48.9 Å². The summed E-state index contributed by atoms with van der Waals surface area (Å²) in [6.07, 6.45) is -1.61. The number of nitrogen functional groups attached to an aromatic ring is 1. The molecule has 1 aliphatic rings. The van der Waals surface area contributed by atoms with Crippen molar-refractivity contribution in [1.82, 2.24) is 0 Å². The van der Waals surface area contributed by atoms with Crippen LogP contribution >= 0.6 is 0 Å². The molecule has 1 amide bonds. The van der Waals surface area contributed by atoms with Crippen molar-refractivity contribution in [1.29, 1.82) is 0 Å². The van der Waals surface area contributed by atoms with Gasteiger partial charge in [0.2, 0.25) is 5.91 Å². The molecule has 0 radical (unpaired) electrons. The van der Waals surface area contributed by atoms with Crippen LogP contribution in [-0.2, 0) is 15.8 Å². The lowest BCUT2D eigenvalue weighted by atomic mass is 9.77. The number of nitrogens with one attached hydrogen (secondary N) is 1. The van der Waals surface area contributed by atoms with Gasteiger partial charge in [-0.25, -0.2) is 4.39 Å². The molecular weight excluding hydrogens is 476 g/mol. The van der Waals surface area contributed by atoms with Gasteiger partial charge in [0.15, 0.2) is 0 Å². The Morgan fingerprint density at radius 1 is 1.03 bits per heavy atom. The average molecular weight is 503 g/mol. The number of anilines is 2. The number of alkyl halides is 3. The van der Waals surface area contributed by atoms with E-state index >= 15 is 0 Å². The Morgan fingerprint density at radius 2 is 1.69 bits per heavy atom. The minimum Gasteiger partial charge on any atom is -0.483 e. The number of amides is 1. The number of carbonyl (C=O) groups excluding carboxylic acids is 1. The van der Waals surface area contributed by atoms with Gasteiger partial charge < -0.3 is 16.2 Å². The second-order valence-corrected chi connectivity index (χ2v) is 8.56. The molecule has 190 valence electrons. The summed E-state index contributed by atoms with van der Waals surface area (Å²) in [5.74, 6) is -1.63. The maximum absolute atomic E-state index is 14.1. The highest BCUT2D eigenvalue weighted by Crippen LogP contribution is 2.38. The Morgan fingerprint density at radius 3 is 2.31 bits per heavy atom. The van der Waals surface area contributed by atoms with Gasteiger partial charge in [0, 0.05) is 17.2 Å². The lowest BCUT2D eigenvalue weighted by Crippen LogP contribution is -2.28. The van der Waals surface area contributed by atoms with Gasteiger partial charge in [-0.05, 0) is 60.6 Å². The Hall–Kier alpha value is -3.88. The van der Waals surface area contributed by atoms with Crippen LogP contribution in [0.15, 0.2) is 66.7 Å². The number of carboxylic acid groups (broad SMARTS) is 1. The summed E-state index contributed by atoms with van der Waals surface area (Å²) < 4.78 is 52.3. The second-order valence-electron chi connectivity index (χ2n) is 8.56. The molecule has 0 aliphatic heterocycles. The molecule has 0 aromatic heterocycles. The summed E-state index contributed by atoms with van der Waals surface area (Å²) in [4.78, 5) is 21.1. The van der Waals surface area contributed by atoms with Crippen LogP contribution < -0.4 is 11.1 Å². The highest BCUT2D eigenvalue weighted by molar-refractivity contribution is 5.92. The van der Waals surface area contributed by atoms with Crippen molar-refractivity contribution < 1.29 is 32.3 Å². The zero-order chi connectivity index (χ0) is 26.3. The van der Waals surface area contributed by atoms with E-state index in [0.717, 1.165) is 41.7 Å². The molecule has 3 aromatic carbocycles. The van der Waals surface area contributed by atoms with E-state index in [4.69, 9.17) is 15.6 Å². The van der Waals surface area contributed by atoms with Crippen LogP contribution in [0.1, 0.15) is 42.7 Å². The fourth-order valence-corrected chi connectivity index (χ4v) is 4.45. The summed E-state index contributed by atoms with van der Waals surface area (Å²) in [5, 5.41) is 9.36. The van der Waals surface area contributed by atoms with Gasteiger partial charge in [-0.3, -0.25) is 9.59 Å². The van der Waals surface area contributed by atoms with Gasteiger partial charge in [-0.2, -0.15) is 13.2 Å². The Labute approximate surface area is 205 Å². The van der Waals surface area contributed by atoms with Crippen LogP contribution in [0.5, 0.6) is 0 Å². The fraction of sp³-hybridized carbons (Fsp3) is 0.259. The molecule has 0 spiro atoms. The molecule has 1 saturated carbocycles. The summed E-state index contributed by atoms with van der Waals surface area (Å²) in [6.45, 7) is -0.250. The lowest BCUT2D eigenvalue weighted by molar-refractivity contribution is -0.137. The van der Waals surface area contributed by atoms with Gasteiger partial charge in [-0.15, -0.1) is 0 Å². The van der Waals surface area contributed by atoms with E-state index in [9.17, 15) is 22.4 Å². The van der Waals surface area contributed by atoms with Crippen LogP contribution in [0, 0.1) is 11.7 Å². The quantitative estimate of drug-likeness (QED) is 0.210. The van der Waals surface area contributed by atoms with Gasteiger partial charge >= 0.3 is 6.18 Å². The molecule has 4 rings (SSSR count). The van der Waals surface area contributed by atoms with Crippen LogP contribution in [0.2, 0.25) is 0 Å². The fourth-order valence-electron chi connectivity index (χ4n) is 4.45. The van der Waals surface area contributed by atoms with Crippen molar-refractivity contribution in [3.8, 4) is 11.1 Å². The van der Waals surface area contributed by atoms with E-state index in [1.165, 1.54) is 0 Å². The predicted molar refractivity (Wildman–Crippen MR) is 130 cm³/mol. The standard InChI is InChI=1S/C26H24F4N2O.CH2O2/c27-22-15-20(26(28,29)30)12-13-24(22)32-25(33)19-5-3-4-18(14-19)16-8-10-17(11-9-16)21-6-1-2-7-23(21)31;2-1-3/h1-2,6-13,15,18-19H,3-5,14,31H2,(H,32,33);1H,(H,2,3). The predicted octanol–water partition coefficient (Wildman–Crippen LogP) is 6.71. The minimum absolute atomic E-state index is 0.175. The Kier molecular flexibility index (Phi) is 8.68. The number of halogens is 4. The number of rotatable bonds is 4. The summed E-state index contributed by atoms with van der Waals surface area (Å²) in [6, 6.07) is 17.9. The molecule has 2 unspecified atom stereocenters. The number of benzene rings is 3. The summed E-state index contributed by atoms with van der Waals surface area (Å²) in [5.41, 5.74) is 8.53. The molecule has 0 heterocycles. The molecular formula is C27H26F4N2O3. The first-order valence-electron chi connectivity index (χ1n) is 11.3. The highest BCUT2D eigenvalue weighted by Gasteiger charge is 2.32. The van der Waals surface area contributed by atoms with Crippen molar-refractivity contribution in [2.24, 2.45) is 5.92 Å². The number of hydrogen-bond acceptors (Lipinski definition) is 3. The SMILES string of the molecule is Nc1ccccc1-c1ccc(C2CCCC(C(=O)Nc3ccc(C(F)(F)F)cc3F)C2)cc1.O=CO. The summed E-state index contributed by atoms with van der Waals surface area (Å²) in [7, 11) is 0. The first kappa shape index (κ1) is 26.7. The molecule has 0 saturated heterocycles. The first-order chi connectivity index (χ1) is 17.1. The van der Waals surface area contributed by atoms with Crippen LogP contribution in [0.4, 0.5) is 28.9 Å². The topological polar surface area (TPSA) is 92.4 Å². The van der Waals surface area contributed by atoms with E-state index in [1.807, 2.05) is 48.5 Å². The van der Waals surface area contributed by atoms with Crippen molar-refractivity contribution in [3.05, 3.63) is 83.7 Å². The molecule has 5 nitrogen and oxygen atoms in total. The van der Waals surface area contributed by atoms with Gasteiger partial charge in [0.1, 0.15) is 5.82 Å². The molecule has 1 fully saturated rings. The maximum atomic E-state index is 14.1. The zero-order valence-corrected chi connectivity index (χ0v) is 19.3. The summed E-state index contributed by atoms with van der Waals surface area (Å²) >= 11 is 0. The second kappa shape index (κ2) is 11.7. The minimum atomic E-state index is -4.64. The van der Waals surface area contributed by atoms with E-state index in [-0.39, 0.29) is 29.9 Å². The Bertz CT molecular complexity index is 1200. The van der Waals surface area contributed by atoms with Gasteiger partial charge in [0.05, 0.1) is 11.3 Å². The molecule has 4 N–H and O–H groups in total. The average Bonchev–Trinajstić information content (AvgIpc) is 2.85. The number of nitrogens with two attached hydrogens (primary N) is 1. The smallest absolute Gasteiger partial charge is 0.416 e. The van der Waals surface area contributed by atoms with Crippen molar-refractivity contribution in [2.75, 3.05) is 11.1 Å². The van der Waals surface area contributed by atoms with Crippen LogP contribution in [-0.4, -0.2) is 17.5 Å². The molecule has 9 heteroatoms. The van der Waals surface area contributed by atoms with Crippen LogP contribution in [0.25, 0.3) is 11.1 Å². The maximum Gasteiger partial charge on any atom is 0.416 e. The largest absolute Gasteiger partial charge is 0.483 e. The van der Waals surface area contributed by atoms with Crippen molar-refractivity contribution in [3.63, 3.8) is 0 Å². The van der Waals surface area contributed by atoms with E-state index in [1.54, 1.807) is 0 Å². The molecule has 3 aromatic rings. The Balaban J connectivity index is 0.00000115. The number of carbonyl (C=O) groups is 2. The van der Waals surface area contributed by atoms with Gasteiger partial charge in [0.25, 0.3) is 6.47 Å².